The minimum absolute atomic E-state index is 0.124. The van der Waals surface area contributed by atoms with E-state index in [-0.39, 0.29) is 17.1 Å². The molecule has 1 heterocycles. The summed E-state index contributed by atoms with van der Waals surface area (Å²) >= 11 is 1.61. The van der Waals surface area contributed by atoms with E-state index in [1.165, 1.54) is 4.88 Å². The Morgan fingerprint density at radius 2 is 1.89 bits per heavy atom. The number of fused-ring (bicyclic) bond motifs is 1. The maximum absolute atomic E-state index is 13.5. The number of phenolic OH excluding ortho intramolecular Hbond substituents is 1. The van der Waals surface area contributed by atoms with Crippen LogP contribution in [0.5, 0.6) is 5.75 Å². The highest BCUT2D eigenvalue weighted by Crippen LogP contribution is 2.45. The smallest absolute Gasteiger partial charge is 0.259 e. The highest BCUT2D eigenvalue weighted by molar-refractivity contribution is 7.16. The minimum atomic E-state index is -0.124. The number of anilines is 2. The van der Waals surface area contributed by atoms with E-state index in [0.29, 0.717) is 22.0 Å². The van der Waals surface area contributed by atoms with Crippen LogP contribution < -0.4 is 10.2 Å². The van der Waals surface area contributed by atoms with E-state index in [2.05, 4.69) is 44.8 Å². The van der Waals surface area contributed by atoms with Gasteiger partial charge in [0, 0.05) is 47.2 Å². The van der Waals surface area contributed by atoms with E-state index >= 15 is 0 Å². The van der Waals surface area contributed by atoms with Crippen LogP contribution in [0.2, 0.25) is 0 Å². The van der Waals surface area contributed by atoms with Gasteiger partial charge in [0.15, 0.2) is 0 Å². The number of hydrogen-bond acceptors (Lipinski definition) is 5. The van der Waals surface area contributed by atoms with Crippen LogP contribution in [0.3, 0.4) is 0 Å². The summed E-state index contributed by atoms with van der Waals surface area (Å²) in [4.78, 5) is 21.7. The van der Waals surface area contributed by atoms with E-state index in [1.54, 1.807) is 23.6 Å². The van der Waals surface area contributed by atoms with Crippen LogP contribution in [0.4, 0.5) is 16.4 Å². The first-order valence-corrected chi connectivity index (χ1v) is 13.7. The van der Waals surface area contributed by atoms with Crippen LogP contribution in [-0.4, -0.2) is 30.3 Å². The molecule has 0 unspecified atom stereocenters. The molecule has 4 rings (SSSR count). The fourth-order valence-electron chi connectivity index (χ4n) is 4.91. The number of nitrogens with one attached hydrogen (secondary N) is 1. The number of aliphatic imine (C=N–C) groups is 1. The molecule has 0 bridgehead atoms. The van der Waals surface area contributed by atoms with Crippen molar-refractivity contribution in [3.8, 4) is 5.75 Å². The number of aromatic hydroxyl groups is 1. The van der Waals surface area contributed by atoms with Crippen LogP contribution in [0, 0.1) is 11.3 Å². The van der Waals surface area contributed by atoms with Gasteiger partial charge in [-0.3, -0.25) is 4.79 Å². The van der Waals surface area contributed by atoms with Crippen LogP contribution in [-0.2, 0) is 12.8 Å². The fraction of sp³-hybridized carbons (Fsp3) is 0.400. The first kappa shape index (κ1) is 26.0. The Hall–Kier alpha value is -3.12. The number of carbonyl (C=O) groups is 1. The number of rotatable bonds is 7. The molecule has 0 aliphatic heterocycles. The zero-order chi connectivity index (χ0) is 25.9. The molecule has 190 valence electrons. The van der Waals surface area contributed by atoms with E-state index in [1.807, 2.05) is 42.5 Å². The molecule has 0 saturated heterocycles. The second-order valence-electron chi connectivity index (χ2n) is 10.5. The average Bonchev–Trinajstić information content (AvgIpc) is 3.22. The van der Waals surface area contributed by atoms with E-state index in [9.17, 15) is 9.90 Å². The summed E-state index contributed by atoms with van der Waals surface area (Å²) in [5, 5.41) is 14.4. The van der Waals surface area contributed by atoms with Crippen molar-refractivity contribution < 1.29 is 9.90 Å². The predicted octanol–water partition coefficient (Wildman–Crippen LogP) is 7.45. The molecule has 0 spiro atoms. The van der Waals surface area contributed by atoms with Crippen LogP contribution in [0.15, 0.2) is 53.5 Å². The summed E-state index contributed by atoms with van der Waals surface area (Å²) in [5.74, 6) is 0.635. The molecule has 5 nitrogen and oxygen atoms in total. The number of para-hydroxylation sites is 1. The Labute approximate surface area is 218 Å². The molecule has 0 radical (unpaired) electrons. The quantitative estimate of drug-likeness (QED) is 0.329. The minimum Gasteiger partial charge on any atom is -0.507 e. The first-order valence-electron chi connectivity index (χ1n) is 12.8. The van der Waals surface area contributed by atoms with Crippen molar-refractivity contribution in [3.63, 3.8) is 0 Å². The van der Waals surface area contributed by atoms with Gasteiger partial charge in [-0.1, -0.05) is 39.0 Å². The summed E-state index contributed by atoms with van der Waals surface area (Å²) in [7, 11) is 0. The predicted molar refractivity (Wildman–Crippen MR) is 153 cm³/mol. The lowest BCUT2D eigenvalue weighted by atomic mass is 9.72. The topological polar surface area (TPSA) is 64.9 Å². The molecule has 2 aromatic carbocycles. The Morgan fingerprint density at radius 1 is 1.17 bits per heavy atom. The van der Waals surface area contributed by atoms with Gasteiger partial charge in [-0.05, 0) is 74.3 Å². The van der Waals surface area contributed by atoms with Gasteiger partial charge < -0.3 is 15.3 Å². The molecule has 1 atom stereocenters. The Balaban J connectivity index is 1.68. The number of hydrogen-bond donors (Lipinski definition) is 2. The number of amides is 1. The summed E-state index contributed by atoms with van der Waals surface area (Å²) in [6.07, 6.45) is 4.59. The van der Waals surface area contributed by atoms with Gasteiger partial charge >= 0.3 is 0 Å². The third-order valence-electron chi connectivity index (χ3n) is 7.19. The summed E-state index contributed by atoms with van der Waals surface area (Å²) < 4.78 is 0. The lowest BCUT2D eigenvalue weighted by molar-refractivity contribution is 0.102. The third-order valence-corrected chi connectivity index (χ3v) is 8.36. The lowest BCUT2D eigenvalue weighted by Crippen LogP contribution is -2.27. The van der Waals surface area contributed by atoms with Gasteiger partial charge in [0.2, 0.25) is 0 Å². The molecule has 1 aliphatic rings. The zero-order valence-corrected chi connectivity index (χ0v) is 22.8. The van der Waals surface area contributed by atoms with Gasteiger partial charge in [0.05, 0.1) is 5.56 Å². The lowest BCUT2D eigenvalue weighted by Gasteiger charge is -2.33. The second kappa shape index (κ2) is 10.9. The zero-order valence-electron chi connectivity index (χ0n) is 22.0. The van der Waals surface area contributed by atoms with Gasteiger partial charge in [-0.2, -0.15) is 0 Å². The average molecular weight is 504 g/mol. The largest absolute Gasteiger partial charge is 0.507 e. The molecule has 0 saturated carbocycles. The van der Waals surface area contributed by atoms with E-state index in [0.717, 1.165) is 49.3 Å². The van der Waals surface area contributed by atoms with Crippen LogP contribution in [0.1, 0.15) is 67.4 Å². The normalized spacial score (nSPS) is 15.6. The molecule has 0 fully saturated rings. The number of benzene rings is 2. The standard InChI is InChI=1S/C30H37N3O2S/c1-6-33(7-2)23-15-13-20(25(34)18-23)19-31-29-27(28(35)32-22-11-9-8-10-12-22)24-16-14-21(30(3,4)5)17-26(24)36-29/h8-13,15,18-19,21,34H,6-7,14,16-17H2,1-5H3,(H,32,35)/t21-/m0/s1. The molecule has 2 N–H and O–H groups in total. The molecule has 6 heteroatoms. The van der Waals surface area contributed by atoms with Crippen molar-refractivity contribution >= 4 is 39.8 Å². The van der Waals surface area contributed by atoms with Crippen molar-refractivity contribution in [2.24, 2.45) is 16.3 Å². The Bertz CT molecular complexity index is 1240. The van der Waals surface area contributed by atoms with Crippen molar-refractivity contribution in [1.82, 2.24) is 0 Å². The number of carbonyl (C=O) groups excluding carboxylic acids is 1. The Kier molecular flexibility index (Phi) is 7.84. The first-order chi connectivity index (χ1) is 17.2. The van der Waals surface area contributed by atoms with E-state index in [4.69, 9.17) is 4.99 Å². The Morgan fingerprint density at radius 3 is 2.53 bits per heavy atom. The molecule has 1 amide bonds. The summed E-state index contributed by atoms with van der Waals surface area (Å²) in [5.41, 5.74) is 4.40. The molecule has 36 heavy (non-hydrogen) atoms. The van der Waals surface area contributed by atoms with Gasteiger partial charge in [-0.15, -0.1) is 11.3 Å². The summed E-state index contributed by atoms with van der Waals surface area (Å²) in [6, 6.07) is 15.2. The maximum atomic E-state index is 13.5. The van der Waals surface area contributed by atoms with Gasteiger partial charge in [0.1, 0.15) is 10.8 Å². The summed E-state index contributed by atoms with van der Waals surface area (Å²) in [6.45, 7) is 12.8. The van der Waals surface area contributed by atoms with Crippen LogP contribution >= 0.6 is 11.3 Å². The number of phenols is 1. The second-order valence-corrected chi connectivity index (χ2v) is 11.6. The molecule has 3 aromatic rings. The van der Waals surface area contributed by atoms with Gasteiger partial charge in [0.25, 0.3) is 5.91 Å². The number of nitrogens with zero attached hydrogens (tertiary/aromatic N) is 2. The molecule has 1 aromatic heterocycles. The van der Waals surface area contributed by atoms with Crippen molar-refractivity contribution in [3.05, 3.63) is 70.1 Å². The van der Waals surface area contributed by atoms with E-state index < -0.39 is 0 Å². The highest BCUT2D eigenvalue weighted by Gasteiger charge is 2.33. The van der Waals surface area contributed by atoms with Crippen molar-refractivity contribution in [1.29, 1.82) is 0 Å². The molecular formula is C30H37N3O2S. The van der Waals surface area contributed by atoms with Crippen molar-refractivity contribution in [2.45, 2.75) is 53.9 Å². The van der Waals surface area contributed by atoms with Crippen LogP contribution in [0.25, 0.3) is 0 Å². The maximum Gasteiger partial charge on any atom is 0.259 e. The van der Waals surface area contributed by atoms with Crippen molar-refractivity contribution in [2.75, 3.05) is 23.3 Å². The third kappa shape index (κ3) is 5.65. The monoisotopic (exact) mass is 503 g/mol. The number of thiophene rings is 1. The highest BCUT2D eigenvalue weighted by atomic mass is 32.1. The molecular weight excluding hydrogens is 466 g/mol. The van der Waals surface area contributed by atoms with Gasteiger partial charge in [-0.25, -0.2) is 4.99 Å². The fourth-order valence-corrected chi connectivity index (χ4v) is 6.17. The molecule has 1 aliphatic carbocycles. The SMILES string of the molecule is CCN(CC)c1ccc(C=Nc2sc3c(c2C(=O)Nc2ccccc2)CC[C@H](C(C)(C)C)C3)c(O)c1.